The summed E-state index contributed by atoms with van der Waals surface area (Å²) in [5, 5.41) is 0.539. The standard InChI is InChI=1S/C17H23ClO2/c1-6-12(7-2)13-8-9-15(14(18)10-13)20-11-16(19)17(3,4)5/h6,8-10H,7,11H2,1-5H3/b12-6+. The molecule has 20 heavy (non-hydrogen) atoms. The van der Waals surface area contributed by atoms with Gasteiger partial charge in [-0.3, -0.25) is 4.79 Å². The van der Waals surface area contributed by atoms with E-state index in [1.54, 1.807) is 0 Å². The van der Waals surface area contributed by atoms with Crippen LogP contribution in [0.1, 0.15) is 46.6 Å². The van der Waals surface area contributed by atoms with Crippen LogP contribution in [-0.2, 0) is 4.79 Å². The van der Waals surface area contributed by atoms with Gasteiger partial charge < -0.3 is 4.74 Å². The third kappa shape index (κ3) is 4.38. The van der Waals surface area contributed by atoms with Crippen molar-refractivity contribution in [2.45, 2.75) is 41.0 Å². The molecule has 0 radical (unpaired) electrons. The fraction of sp³-hybridized carbons (Fsp3) is 0.471. The van der Waals surface area contributed by atoms with Crippen LogP contribution in [0, 0.1) is 5.41 Å². The normalized spacial score (nSPS) is 12.4. The highest BCUT2D eigenvalue weighted by molar-refractivity contribution is 6.32. The van der Waals surface area contributed by atoms with Crippen LogP contribution >= 0.6 is 11.6 Å². The molecule has 0 heterocycles. The van der Waals surface area contributed by atoms with E-state index in [9.17, 15) is 4.79 Å². The van der Waals surface area contributed by atoms with Crippen LogP contribution in [0.3, 0.4) is 0 Å². The summed E-state index contributed by atoms with van der Waals surface area (Å²) in [6, 6.07) is 5.69. The number of rotatable bonds is 5. The zero-order valence-corrected chi connectivity index (χ0v) is 13.7. The maximum atomic E-state index is 11.8. The van der Waals surface area contributed by atoms with E-state index in [-0.39, 0.29) is 12.4 Å². The van der Waals surface area contributed by atoms with Crippen LogP contribution in [0.4, 0.5) is 0 Å². The summed E-state index contributed by atoms with van der Waals surface area (Å²) in [5.74, 6) is 0.611. The lowest BCUT2D eigenvalue weighted by atomic mass is 9.91. The van der Waals surface area contributed by atoms with Crippen molar-refractivity contribution in [1.29, 1.82) is 0 Å². The molecule has 0 bridgehead atoms. The molecule has 1 rings (SSSR count). The maximum absolute atomic E-state index is 11.8. The van der Waals surface area contributed by atoms with Crippen molar-refractivity contribution in [3.05, 3.63) is 34.9 Å². The lowest BCUT2D eigenvalue weighted by Gasteiger charge is -2.17. The summed E-state index contributed by atoms with van der Waals surface area (Å²) in [4.78, 5) is 11.8. The van der Waals surface area contributed by atoms with Crippen LogP contribution in [0.25, 0.3) is 5.57 Å². The van der Waals surface area contributed by atoms with Gasteiger partial charge in [-0.2, -0.15) is 0 Å². The highest BCUT2D eigenvalue weighted by atomic mass is 35.5. The largest absolute Gasteiger partial charge is 0.484 e. The Bertz CT molecular complexity index is 510. The molecule has 0 unspecified atom stereocenters. The second kappa shape index (κ2) is 6.94. The molecule has 0 saturated carbocycles. The fourth-order valence-corrected chi connectivity index (χ4v) is 1.99. The summed E-state index contributed by atoms with van der Waals surface area (Å²) < 4.78 is 5.53. The summed E-state index contributed by atoms with van der Waals surface area (Å²) in [6.07, 6.45) is 3.03. The van der Waals surface area contributed by atoms with E-state index < -0.39 is 5.41 Å². The zero-order valence-electron chi connectivity index (χ0n) is 12.9. The Morgan fingerprint density at radius 2 is 2.00 bits per heavy atom. The molecule has 0 aliphatic rings. The fourth-order valence-electron chi connectivity index (χ4n) is 1.75. The minimum Gasteiger partial charge on any atom is -0.484 e. The predicted octanol–water partition coefficient (Wildman–Crippen LogP) is 5.15. The van der Waals surface area contributed by atoms with Gasteiger partial charge in [0.15, 0.2) is 5.78 Å². The molecule has 0 atom stereocenters. The number of carbonyl (C=O) groups is 1. The number of carbonyl (C=O) groups excluding carboxylic acids is 1. The summed E-state index contributed by atoms with van der Waals surface area (Å²) in [7, 11) is 0. The van der Waals surface area contributed by atoms with E-state index in [1.807, 2.05) is 45.9 Å². The van der Waals surface area contributed by atoms with Gasteiger partial charge in [0.05, 0.1) is 5.02 Å². The maximum Gasteiger partial charge on any atom is 0.175 e. The van der Waals surface area contributed by atoms with E-state index in [0.717, 1.165) is 12.0 Å². The van der Waals surface area contributed by atoms with Crippen molar-refractivity contribution in [1.82, 2.24) is 0 Å². The molecule has 0 amide bonds. The Balaban J connectivity index is 2.82. The van der Waals surface area contributed by atoms with Gasteiger partial charge in [0.1, 0.15) is 12.4 Å². The van der Waals surface area contributed by atoms with Crippen molar-refractivity contribution in [3.8, 4) is 5.75 Å². The average Bonchev–Trinajstić information content (AvgIpc) is 2.37. The summed E-state index contributed by atoms with van der Waals surface area (Å²) in [5.41, 5.74) is 1.94. The first-order valence-corrected chi connectivity index (χ1v) is 7.28. The molecule has 2 nitrogen and oxygen atoms in total. The minimum absolute atomic E-state index is 0.0484. The Morgan fingerprint density at radius 1 is 1.35 bits per heavy atom. The van der Waals surface area contributed by atoms with Gasteiger partial charge in [-0.1, -0.05) is 51.4 Å². The van der Waals surface area contributed by atoms with E-state index in [0.29, 0.717) is 10.8 Å². The molecule has 0 aromatic heterocycles. The number of ketones is 1. The Kier molecular flexibility index (Phi) is 5.82. The zero-order chi connectivity index (χ0) is 15.3. The Labute approximate surface area is 126 Å². The highest BCUT2D eigenvalue weighted by Crippen LogP contribution is 2.29. The van der Waals surface area contributed by atoms with Crippen LogP contribution < -0.4 is 4.74 Å². The lowest BCUT2D eigenvalue weighted by Crippen LogP contribution is -2.26. The van der Waals surface area contributed by atoms with Gasteiger partial charge in [-0.05, 0) is 36.6 Å². The molecular weight excluding hydrogens is 272 g/mol. The molecular formula is C17H23ClO2. The quantitative estimate of drug-likeness (QED) is 0.751. The van der Waals surface area contributed by atoms with Gasteiger partial charge in [0.2, 0.25) is 0 Å². The molecule has 0 N–H and O–H groups in total. The van der Waals surface area contributed by atoms with E-state index >= 15 is 0 Å². The molecule has 3 heteroatoms. The molecule has 0 fully saturated rings. The number of hydrogen-bond donors (Lipinski definition) is 0. The predicted molar refractivity (Wildman–Crippen MR) is 85.4 cm³/mol. The van der Waals surface area contributed by atoms with Crippen molar-refractivity contribution < 1.29 is 9.53 Å². The third-order valence-corrected chi connectivity index (χ3v) is 3.52. The van der Waals surface area contributed by atoms with Crippen LogP contribution in [-0.4, -0.2) is 12.4 Å². The molecule has 1 aromatic rings. The second-order valence-corrected chi connectivity index (χ2v) is 6.18. The van der Waals surface area contributed by atoms with Gasteiger partial charge >= 0.3 is 0 Å². The van der Waals surface area contributed by atoms with Crippen molar-refractivity contribution >= 4 is 23.0 Å². The molecule has 0 spiro atoms. The summed E-state index contributed by atoms with van der Waals surface area (Å²) in [6.45, 7) is 9.80. The first-order valence-electron chi connectivity index (χ1n) is 6.90. The Morgan fingerprint density at radius 3 is 2.45 bits per heavy atom. The topological polar surface area (TPSA) is 26.3 Å². The van der Waals surface area contributed by atoms with E-state index in [2.05, 4.69) is 13.0 Å². The number of halogens is 1. The van der Waals surface area contributed by atoms with Crippen LogP contribution in [0.15, 0.2) is 24.3 Å². The third-order valence-electron chi connectivity index (χ3n) is 3.23. The molecule has 1 aromatic carbocycles. The van der Waals surface area contributed by atoms with Crippen molar-refractivity contribution in [2.75, 3.05) is 6.61 Å². The van der Waals surface area contributed by atoms with E-state index in [1.165, 1.54) is 5.57 Å². The number of Topliss-reactive ketones (excluding diaryl/α,β-unsaturated/α-hetero) is 1. The number of benzene rings is 1. The molecule has 0 aliphatic heterocycles. The van der Waals surface area contributed by atoms with Crippen LogP contribution in [0.5, 0.6) is 5.75 Å². The number of ether oxygens (including phenoxy) is 1. The average molecular weight is 295 g/mol. The number of allylic oxidation sites excluding steroid dienone is 2. The monoisotopic (exact) mass is 294 g/mol. The lowest BCUT2D eigenvalue weighted by molar-refractivity contribution is -0.128. The molecule has 0 aliphatic carbocycles. The first-order chi connectivity index (χ1) is 9.29. The van der Waals surface area contributed by atoms with Gasteiger partial charge in [0.25, 0.3) is 0 Å². The smallest absolute Gasteiger partial charge is 0.175 e. The van der Waals surface area contributed by atoms with Crippen molar-refractivity contribution in [2.24, 2.45) is 5.41 Å². The Hall–Kier alpha value is -1.28. The number of hydrogen-bond acceptors (Lipinski definition) is 2. The van der Waals surface area contributed by atoms with E-state index in [4.69, 9.17) is 16.3 Å². The SMILES string of the molecule is C/C=C(\CC)c1ccc(OCC(=O)C(C)(C)C)c(Cl)c1. The van der Waals surface area contributed by atoms with Gasteiger partial charge in [0, 0.05) is 5.41 Å². The minimum atomic E-state index is -0.396. The highest BCUT2D eigenvalue weighted by Gasteiger charge is 2.21. The van der Waals surface area contributed by atoms with Crippen molar-refractivity contribution in [3.63, 3.8) is 0 Å². The second-order valence-electron chi connectivity index (χ2n) is 5.77. The molecule has 110 valence electrons. The molecule has 0 saturated heterocycles. The first kappa shape index (κ1) is 16.8. The summed E-state index contributed by atoms with van der Waals surface area (Å²) >= 11 is 6.22. The van der Waals surface area contributed by atoms with Gasteiger partial charge in [-0.15, -0.1) is 0 Å². The van der Waals surface area contributed by atoms with Crippen LogP contribution in [0.2, 0.25) is 5.02 Å². The van der Waals surface area contributed by atoms with Gasteiger partial charge in [-0.25, -0.2) is 0 Å².